The number of para-hydroxylation sites is 1. The molecule has 19 heavy (non-hydrogen) atoms. The molecule has 2 N–H and O–H groups in total. The summed E-state index contributed by atoms with van der Waals surface area (Å²) in [6, 6.07) is 8.44. The van der Waals surface area contributed by atoms with E-state index in [0.29, 0.717) is 5.96 Å². The molecule has 1 fully saturated rings. The van der Waals surface area contributed by atoms with Gasteiger partial charge in [-0.3, -0.25) is 4.99 Å². The van der Waals surface area contributed by atoms with Crippen LogP contribution in [0.5, 0.6) is 0 Å². The van der Waals surface area contributed by atoms with Crippen molar-refractivity contribution in [3.8, 4) is 0 Å². The highest BCUT2D eigenvalue weighted by molar-refractivity contribution is 5.99. The average molecular weight is 258 g/mol. The molecule has 0 aromatic heterocycles. The topological polar surface area (TPSA) is 44.9 Å². The Morgan fingerprint density at radius 2 is 2.11 bits per heavy atom. The zero-order valence-corrected chi connectivity index (χ0v) is 11.8. The number of likely N-dealkylation sites (tertiary alicyclic amines) is 1. The number of piperidine rings is 1. The quantitative estimate of drug-likeness (QED) is 0.832. The Morgan fingerprint density at radius 3 is 2.84 bits per heavy atom. The van der Waals surface area contributed by atoms with Gasteiger partial charge in [-0.15, -0.1) is 0 Å². The molecule has 0 bridgehead atoms. The van der Waals surface area contributed by atoms with Gasteiger partial charge in [-0.1, -0.05) is 18.2 Å². The Kier molecular flexibility index (Phi) is 2.97. The number of hydrogen-bond acceptors (Lipinski definition) is 4. The minimum atomic E-state index is 0.0587. The Bertz CT molecular complexity index is 511. The molecule has 0 radical (unpaired) electrons. The van der Waals surface area contributed by atoms with Crippen LogP contribution in [-0.2, 0) is 0 Å². The molecule has 3 rings (SSSR count). The summed E-state index contributed by atoms with van der Waals surface area (Å²) in [5.41, 5.74) is 8.71. The van der Waals surface area contributed by atoms with Crippen molar-refractivity contribution in [2.45, 2.75) is 25.3 Å². The molecule has 0 amide bonds. The van der Waals surface area contributed by atoms with E-state index in [1.54, 1.807) is 0 Å². The van der Waals surface area contributed by atoms with Gasteiger partial charge in [0, 0.05) is 12.2 Å². The molecule has 0 aliphatic carbocycles. The fourth-order valence-electron chi connectivity index (χ4n) is 3.46. The van der Waals surface area contributed by atoms with E-state index in [1.807, 2.05) is 0 Å². The Balaban J connectivity index is 2.01. The van der Waals surface area contributed by atoms with Crippen LogP contribution in [0.2, 0.25) is 0 Å². The molecule has 2 heterocycles. The highest BCUT2D eigenvalue weighted by Gasteiger charge is 2.45. The van der Waals surface area contributed by atoms with Gasteiger partial charge in [-0.05, 0) is 45.0 Å². The lowest BCUT2D eigenvalue weighted by Gasteiger charge is -2.45. The molecule has 4 nitrogen and oxygen atoms in total. The zero-order valence-electron chi connectivity index (χ0n) is 11.8. The van der Waals surface area contributed by atoms with Crippen molar-refractivity contribution in [2.75, 3.05) is 31.6 Å². The molecule has 2 aliphatic rings. The molecule has 1 unspecified atom stereocenters. The summed E-state index contributed by atoms with van der Waals surface area (Å²) in [5, 5.41) is 0. The molecular weight excluding hydrogens is 236 g/mol. The number of likely N-dealkylation sites (N-methyl/N-ethyl adjacent to an activating group) is 1. The van der Waals surface area contributed by atoms with Crippen molar-refractivity contribution in [1.82, 2.24) is 4.90 Å². The van der Waals surface area contributed by atoms with E-state index in [2.05, 4.69) is 53.0 Å². The lowest BCUT2D eigenvalue weighted by molar-refractivity contribution is 0.191. The smallest absolute Gasteiger partial charge is 0.196 e. The maximum atomic E-state index is 6.19. The summed E-state index contributed by atoms with van der Waals surface area (Å²) in [7, 11) is 2.19. The molecule has 1 aromatic rings. The predicted molar refractivity (Wildman–Crippen MR) is 79.6 cm³/mol. The van der Waals surface area contributed by atoms with E-state index in [0.717, 1.165) is 19.5 Å². The molecule has 1 atom stereocenters. The number of hydrogen-bond donors (Lipinski definition) is 1. The summed E-state index contributed by atoms with van der Waals surface area (Å²) < 4.78 is 0. The van der Waals surface area contributed by atoms with Crippen molar-refractivity contribution in [3.63, 3.8) is 0 Å². The third-order valence-corrected chi connectivity index (χ3v) is 4.34. The molecule has 2 aliphatic heterocycles. The van der Waals surface area contributed by atoms with E-state index in [-0.39, 0.29) is 5.54 Å². The Morgan fingerprint density at radius 1 is 1.32 bits per heavy atom. The zero-order chi connectivity index (χ0) is 13.5. The van der Waals surface area contributed by atoms with Crippen LogP contribution in [-0.4, -0.2) is 43.1 Å². The summed E-state index contributed by atoms with van der Waals surface area (Å²) in [6.07, 6.45) is 2.37. The highest BCUT2D eigenvalue weighted by Crippen LogP contribution is 2.36. The first-order valence-electron chi connectivity index (χ1n) is 6.97. The van der Waals surface area contributed by atoms with Crippen LogP contribution in [0.1, 0.15) is 18.4 Å². The van der Waals surface area contributed by atoms with E-state index in [4.69, 9.17) is 5.73 Å². The van der Waals surface area contributed by atoms with E-state index in [1.165, 1.54) is 24.2 Å². The molecule has 1 saturated heterocycles. The van der Waals surface area contributed by atoms with E-state index in [9.17, 15) is 0 Å². The van der Waals surface area contributed by atoms with Gasteiger partial charge in [0.1, 0.15) is 0 Å². The normalized spacial score (nSPS) is 27.9. The minimum absolute atomic E-state index is 0.0587. The molecule has 1 spiro atoms. The fraction of sp³-hybridized carbons (Fsp3) is 0.533. The van der Waals surface area contributed by atoms with Crippen molar-refractivity contribution in [3.05, 3.63) is 29.8 Å². The number of nitrogens with two attached hydrogens (primary N) is 1. The van der Waals surface area contributed by atoms with Crippen LogP contribution in [0.3, 0.4) is 0 Å². The maximum Gasteiger partial charge on any atom is 0.196 e. The Hall–Kier alpha value is -1.55. The van der Waals surface area contributed by atoms with Gasteiger partial charge in [-0.2, -0.15) is 0 Å². The van der Waals surface area contributed by atoms with Crippen molar-refractivity contribution < 1.29 is 0 Å². The number of aliphatic imine (C=N–C) groups is 1. The predicted octanol–water partition coefficient (Wildman–Crippen LogP) is 1.59. The van der Waals surface area contributed by atoms with Gasteiger partial charge in [0.25, 0.3) is 0 Å². The summed E-state index contributed by atoms with van der Waals surface area (Å²) in [4.78, 5) is 9.21. The molecule has 1 aromatic carbocycles. The summed E-state index contributed by atoms with van der Waals surface area (Å²) in [6.45, 7) is 5.16. The second kappa shape index (κ2) is 4.53. The number of aryl methyl sites for hydroxylation is 1. The summed E-state index contributed by atoms with van der Waals surface area (Å²) >= 11 is 0. The van der Waals surface area contributed by atoms with Gasteiger partial charge >= 0.3 is 0 Å². The monoisotopic (exact) mass is 258 g/mol. The SMILES string of the molecule is Cc1ccccc1N1C(N)=NCC12CCCN(C)C2. The van der Waals surface area contributed by atoms with Gasteiger partial charge in [-0.25, -0.2) is 0 Å². The largest absolute Gasteiger partial charge is 0.369 e. The lowest BCUT2D eigenvalue weighted by Crippen LogP contribution is -2.60. The molecule has 0 saturated carbocycles. The molecule has 102 valence electrons. The van der Waals surface area contributed by atoms with Crippen LogP contribution >= 0.6 is 0 Å². The van der Waals surface area contributed by atoms with Crippen molar-refractivity contribution >= 4 is 11.6 Å². The van der Waals surface area contributed by atoms with Crippen molar-refractivity contribution in [1.29, 1.82) is 0 Å². The van der Waals surface area contributed by atoms with Crippen LogP contribution < -0.4 is 10.6 Å². The second-order valence-corrected chi connectivity index (χ2v) is 5.86. The van der Waals surface area contributed by atoms with Crippen molar-refractivity contribution in [2.24, 2.45) is 10.7 Å². The fourth-order valence-corrected chi connectivity index (χ4v) is 3.46. The van der Waals surface area contributed by atoms with Gasteiger partial charge < -0.3 is 15.5 Å². The number of benzene rings is 1. The average Bonchev–Trinajstić information content (AvgIpc) is 2.67. The van der Waals surface area contributed by atoms with Gasteiger partial charge in [0.15, 0.2) is 5.96 Å². The minimum Gasteiger partial charge on any atom is -0.369 e. The number of guanidine groups is 1. The lowest BCUT2D eigenvalue weighted by atomic mass is 9.87. The van der Waals surface area contributed by atoms with Crippen LogP contribution in [0, 0.1) is 6.92 Å². The van der Waals surface area contributed by atoms with Crippen LogP contribution in [0.25, 0.3) is 0 Å². The van der Waals surface area contributed by atoms with E-state index < -0.39 is 0 Å². The van der Waals surface area contributed by atoms with Gasteiger partial charge in [0.05, 0.1) is 12.1 Å². The molecule has 4 heteroatoms. The first kappa shape index (κ1) is 12.5. The Labute approximate surface area is 114 Å². The third kappa shape index (κ3) is 2.00. The molecular formula is C15H22N4. The number of nitrogens with zero attached hydrogens (tertiary/aromatic N) is 3. The maximum absolute atomic E-state index is 6.19. The number of rotatable bonds is 1. The van der Waals surface area contributed by atoms with Crippen LogP contribution in [0.4, 0.5) is 5.69 Å². The van der Waals surface area contributed by atoms with Crippen LogP contribution in [0.15, 0.2) is 29.3 Å². The summed E-state index contributed by atoms with van der Waals surface area (Å²) in [5.74, 6) is 0.671. The first-order valence-corrected chi connectivity index (χ1v) is 6.97. The number of anilines is 1. The third-order valence-electron chi connectivity index (χ3n) is 4.34. The van der Waals surface area contributed by atoms with E-state index >= 15 is 0 Å². The highest BCUT2D eigenvalue weighted by atomic mass is 15.4. The first-order chi connectivity index (χ1) is 9.12. The standard InChI is InChI=1S/C15H22N4/c1-12-6-3-4-7-13(12)19-14(16)17-10-15(19)8-5-9-18(2)11-15/h3-4,6-7H,5,8-11H2,1-2H3,(H2,16,17). The second-order valence-electron chi connectivity index (χ2n) is 5.86. The van der Waals surface area contributed by atoms with Gasteiger partial charge in [0.2, 0.25) is 0 Å².